The molecule has 0 radical (unpaired) electrons. The van der Waals surface area contributed by atoms with Gasteiger partial charge in [0.05, 0.1) is 0 Å². The van der Waals surface area contributed by atoms with Crippen molar-refractivity contribution in [3.63, 3.8) is 0 Å². The Morgan fingerprint density at radius 2 is 2.11 bits per heavy atom. The van der Waals surface area contributed by atoms with Gasteiger partial charge >= 0.3 is 0 Å². The zero-order valence-corrected chi connectivity index (χ0v) is 12.5. The fourth-order valence-corrected chi connectivity index (χ4v) is 1.64. The minimum atomic E-state index is -0.425. The van der Waals surface area contributed by atoms with Gasteiger partial charge in [0.1, 0.15) is 11.6 Å². The van der Waals surface area contributed by atoms with E-state index in [1.54, 1.807) is 0 Å². The lowest BCUT2D eigenvalue weighted by Gasteiger charge is -2.04. The van der Waals surface area contributed by atoms with E-state index in [1.807, 2.05) is 30.3 Å². The zero-order chi connectivity index (χ0) is 14.1. The molecule has 0 spiro atoms. The van der Waals surface area contributed by atoms with Gasteiger partial charge in [0.2, 0.25) is 0 Å². The van der Waals surface area contributed by atoms with Gasteiger partial charge in [-0.05, 0) is 17.7 Å². The van der Waals surface area contributed by atoms with E-state index in [9.17, 15) is 4.79 Å². The number of benzene rings is 1. The molecule has 0 saturated carbocycles. The van der Waals surface area contributed by atoms with E-state index in [2.05, 4.69) is 26.6 Å². The van der Waals surface area contributed by atoms with Crippen molar-refractivity contribution >= 4 is 33.4 Å². The van der Waals surface area contributed by atoms with E-state index in [4.69, 9.17) is 16.9 Å². The summed E-state index contributed by atoms with van der Waals surface area (Å²) in [7, 11) is 0. The first-order chi connectivity index (χ1) is 9.17. The highest BCUT2D eigenvalue weighted by Gasteiger charge is 2.06. The number of amides is 1. The van der Waals surface area contributed by atoms with E-state index in [0.717, 1.165) is 10.0 Å². The van der Waals surface area contributed by atoms with E-state index in [1.165, 1.54) is 6.20 Å². The van der Waals surface area contributed by atoms with Gasteiger partial charge in [-0.3, -0.25) is 4.79 Å². The Hall–Kier alpha value is -1.51. The summed E-state index contributed by atoms with van der Waals surface area (Å²) >= 11 is 8.81. The van der Waals surface area contributed by atoms with Gasteiger partial charge in [0.25, 0.3) is 5.91 Å². The maximum absolute atomic E-state index is 11.5. The molecular formula is C13H13BrClN3O. The lowest BCUT2D eigenvalue weighted by atomic mass is 10.2. The van der Waals surface area contributed by atoms with Crippen molar-refractivity contribution in [2.24, 2.45) is 0 Å². The molecule has 0 bridgehead atoms. The Morgan fingerprint density at radius 1 is 1.42 bits per heavy atom. The predicted octanol–water partition coefficient (Wildman–Crippen LogP) is 2.30. The van der Waals surface area contributed by atoms with Gasteiger partial charge in [-0.25, -0.2) is 0 Å². The van der Waals surface area contributed by atoms with Crippen LogP contribution in [0.25, 0.3) is 0 Å². The molecule has 0 aliphatic carbocycles. The molecule has 0 atom stereocenters. The minimum Gasteiger partial charge on any atom is -0.386 e. The molecule has 6 heteroatoms. The van der Waals surface area contributed by atoms with Gasteiger partial charge in [-0.1, -0.05) is 28.1 Å². The van der Waals surface area contributed by atoms with Crippen LogP contribution in [0.1, 0.15) is 5.56 Å². The van der Waals surface area contributed by atoms with Crippen molar-refractivity contribution in [2.75, 3.05) is 12.4 Å². The van der Waals surface area contributed by atoms with Crippen LogP contribution in [0.4, 0.5) is 0 Å². The number of hydrogen-bond donors (Lipinski definition) is 2. The van der Waals surface area contributed by atoms with Gasteiger partial charge in [0, 0.05) is 29.6 Å². The maximum Gasteiger partial charge on any atom is 0.263 e. The molecule has 1 aromatic carbocycles. The Labute approximate surface area is 125 Å². The molecule has 0 aliphatic heterocycles. The standard InChI is InChI=1S/C13H13BrClN3O/c14-12-3-1-10(2-4-12)8-17-9-11(7-16)13(19)18-6-5-15/h1-4,9,17H,5-6,8H2,(H,18,19)/b11-9-. The highest BCUT2D eigenvalue weighted by Crippen LogP contribution is 2.10. The Morgan fingerprint density at radius 3 is 2.68 bits per heavy atom. The second-order valence-corrected chi connectivity index (χ2v) is 4.92. The Balaban J connectivity index is 2.51. The normalized spacial score (nSPS) is 10.7. The summed E-state index contributed by atoms with van der Waals surface area (Å²) in [6.45, 7) is 0.882. The van der Waals surface area contributed by atoms with Crippen LogP contribution < -0.4 is 10.6 Å². The van der Waals surface area contributed by atoms with Crippen LogP contribution in [-0.2, 0) is 11.3 Å². The second-order valence-electron chi connectivity index (χ2n) is 3.62. The van der Waals surface area contributed by atoms with Crippen LogP contribution >= 0.6 is 27.5 Å². The third kappa shape index (κ3) is 5.77. The summed E-state index contributed by atoms with van der Waals surface area (Å²) in [5.41, 5.74) is 1.08. The molecule has 2 N–H and O–H groups in total. The quantitative estimate of drug-likeness (QED) is 0.474. The van der Waals surface area contributed by atoms with Gasteiger partial charge in [-0.2, -0.15) is 5.26 Å². The number of carbonyl (C=O) groups excluding carboxylic acids is 1. The fourth-order valence-electron chi connectivity index (χ4n) is 1.28. The number of nitrogens with zero attached hydrogens (tertiary/aromatic N) is 1. The van der Waals surface area contributed by atoms with Gasteiger partial charge in [0.15, 0.2) is 0 Å². The molecule has 0 aliphatic rings. The number of carbonyl (C=O) groups is 1. The van der Waals surface area contributed by atoms with Crippen molar-refractivity contribution in [3.05, 3.63) is 46.1 Å². The molecular weight excluding hydrogens is 330 g/mol. The molecule has 0 aromatic heterocycles. The van der Waals surface area contributed by atoms with Gasteiger partial charge < -0.3 is 10.6 Å². The highest BCUT2D eigenvalue weighted by atomic mass is 79.9. The van der Waals surface area contributed by atoms with Gasteiger partial charge in [-0.15, -0.1) is 11.6 Å². The first kappa shape index (κ1) is 15.5. The second kappa shape index (κ2) is 8.57. The summed E-state index contributed by atoms with van der Waals surface area (Å²) in [5.74, 6) is -0.108. The maximum atomic E-state index is 11.5. The first-order valence-electron chi connectivity index (χ1n) is 5.59. The lowest BCUT2D eigenvalue weighted by molar-refractivity contribution is -0.117. The fraction of sp³-hybridized carbons (Fsp3) is 0.231. The molecule has 100 valence electrons. The molecule has 19 heavy (non-hydrogen) atoms. The lowest BCUT2D eigenvalue weighted by Crippen LogP contribution is -2.27. The molecule has 1 aromatic rings. The monoisotopic (exact) mass is 341 g/mol. The summed E-state index contributed by atoms with van der Waals surface area (Å²) in [4.78, 5) is 11.5. The number of hydrogen-bond acceptors (Lipinski definition) is 3. The summed E-state index contributed by atoms with van der Waals surface area (Å²) in [6, 6.07) is 9.60. The third-order valence-corrected chi connectivity index (χ3v) is 2.93. The van der Waals surface area contributed by atoms with Crippen molar-refractivity contribution in [1.82, 2.24) is 10.6 Å². The Bertz CT molecular complexity index is 494. The first-order valence-corrected chi connectivity index (χ1v) is 6.92. The Kier molecular flexibility index (Phi) is 7.01. The average molecular weight is 343 g/mol. The number of alkyl halides is 1. The number of nitriles is 1. The molecule has 0 fully saturated rings. The smallest absolute Gasteiger partial charge is 0.263 e. The summed E-state index contributed by atoms with van der Waals surface area (Å²) in [6.07, 6.45) is 1.41. The average Bonchev–Trinajstić information content (AvgIpc) is 2.43. The van der Waals surface area contributed by atoms with Crippen molar-refractivity contribution in [3.8, 4) is 6.07 Å². The number of rotatable bonds is 6. The SMILES string of the molecule is N#C/C(=C/NCc1ccc(Br)cc1)C(=O)NCCCl. The molecule has 4 nitrogen and oxygen atoms in total. The summed E-state index contributed by atoms with van der Waals surface area (Å²) in [5, 5.41) is 14.3. The van der Waals surface area contributed by atoms with Crippen LogP contribution in [-0.4, -0.2) is 18.3 Å². The molecule has 1 amide bonds. The number of nitrogens with one attached hydrogen (secondary N) is 2. The van der Waals surface area contributed by atoms with E-state index >= 15 is 0 Å². The minimum absolute atomic E-state index is 0.0298. The summed E-state index contributed by atoms with van der Waals surface area (Å²) < 4.78 is 1.00. The van der Waals surface area contributed by atoms with Crippen LogP contribution in [0.15, 0.2) is 40.5 Å². The van der Waals surface area contributed by atoms with Crippen LogP contribution in [0.2, 0.25) is 0 Å². The van der Waals surface area contributed by atoms with Crippen LogP contribution in [0.3, 0.4) is 0 Å². The molecule has 0 saturated heterocycles. The van der Waals surface area contributed by atoms with Crippen LogP contribution in [0, 0.1) is 11.3 Å². The van der Waals surface area contributed by atoms with Crippen LogP contribution in [0.5, 0.6) is 0 Å². The molecule has 1 rings (SSSR count). The number of halogens is 2. The van der Waals surface area contributed by atoms with E-state index in [-0.39, 0.29) is 5.57 Å². The van der Waals surface area contributed by atoms with Crippen molar-refractivity contribution in [1.29, 1.82) is 5.26 Å². The molecule has 0 heterocycles. The molecule has 0 unspecified atom stereocenters. The third-order valence-electron chi connectivity index (χ3n) is 2.21. The highest BCUT2D eigenvalue weighted by molar-refractivity contribution is 9.10. The predicted molar refractivity (Wildman–Crippen MR) is 78.4 cm³/mol. The zero-order valence-electron chi connectivity index (χ0n) is 10.1. The van der Waals surface area contributed by atoms with Crippen molar-refractivity contribution < 1.29 is 4.79 Å². The van der Waals surface area contributed by atoms with E-state index < -0.39 is 5.91 Å². The van der Waals surface area contributed by atoms with Crippen molar-refractivity contribution in [2.45, 2.75) is 6.54 Å². The largest absolute Gasteiger partial charge is 0.386 e. The van der Waals surface area contributed by atoms with E-state index in [0.29, 0.717) is 19.0 Å². The topological polar surface area (TPSA) is 64.9 Å².